The van der Waals surface area contributed by atoms with E-state index in [-0.39, 0.29) is 11.3 Å². The largest absolute Gasteiger partial charge is 0.359 e. The Hall–Kier alpha value is -1.29. The van der Waals surface area contributed by atoms with Gasteiger partial charge >= 0.3 is 0 Å². The molecule has 0 radical (unpaired) electrons. The highest BCUT2D eigenvalue weighted by molar-refractivity contribution is 6.29. The molecule has 1 fully saturated rings. The highest BCUT2D eigenvalue weighted by Gasteiger charge is 2.40. The third-order valence-electron chi connectivity index (χ3n) is 3.27. The van der Waals surface area contributed by atoms with Crippen LogP contribution in [0, 0.1) is 5.41 Å². The predicted molar refractivity (Wildman–Crippen MR) is 68.3 cm³/mol. The van der Waals surface area contributed by atoms with Crippen LogP contribution in [0.25, 0.3) is 0 Å². The average Bonchev–Trinajstić information content (AvgIpc) is 2.72. The molecule has 1 aromatic heterocycles. The van der Waals surface area contributed by atoms with Crippen LogP contribution in [-0.4, -0.2) is 31.0 Å². The number of carbonyl (C=O) groups is 1. The van der Waals surface area contributed by atoms with Gasteiger partial charge in [0.1, 0.15) is 11.0 Å². The molecule has 1 aliphatic heterocycles. The molecule has 0 aliphatic carbocycles. The zero-order valence-corrected chi connectivity index (χ0v) is 10.8. The number of anilines is 1. The normalized spacial score (nSPS) is 23.8. The molecule has 2 heterocycles. The van der Waals surface area contributed by atoms with Crippen LogP contribution in [0.5, 0.6) is 0 Å². The molecular weight excluding hydrogens is 238 g/mol. The lowest BCUT2D eigenvalue weighted by atomic mass is 9.89. The molecule has 1 atom stereocenters. The van der Waals surface area contributed by atoms with Gasteiger partial charge in [0.05, 0.1) is 5.41 Å². The van der Waals surface area contributed by atoms with Gasteiger partial charge in [0.2, 0.25) is 5.91 Å². The summed E-state index contributed by atoms with van der Waals surface area (Å²) in [6.45, 7) is 3.49. The molecule has 1 aromatic rings. The molecule has 1 N–H and O–H groups in total. The summed E-state index contributed by atoms with van der Waals surface area (Å²) < 4.78 is 0. The second-order valence-corrected chi connectivity index (χ2v) is 5.02. The smallest absolute Gasteiger partial charge is 0.227 e. The van der Waals surface area contributed by atoms with Crippen LogP contribution in [0.1, 0.15) is 13.3 Å². The Morgan fingerprint density at radius 1 is 1.59 bits per heavy atom. The SMILES string of the molecule is CNC(=O)C1(C)CCN(c2cccc(Cl)n2)C1. The molecule has 92 valence electrons. The lowest BCUT2D eigenvalue weighted by Gasteiger charge is -2.23. The van der Waals surface area contributed by atoms with Crippen molar-refractivity contribution in [2.24, 2.45) is 5.41 Å². The van der Waals surface area contributed by atoms with E-state index in [9.17, 15) is 4.79 Å². The van der Waals surface area contributed by atoms with Gasteiger partial charge in [-0.3, -0.25) is 4.79 Å². The summed E-state index contributed by atoms with van der Waals surface area (Å²) >= 11 is 5.87. The van der Waals surface area contributed by atoms with Crippen molar-refractivity contribution in [3.8, 4) is 0 Å². The third-order valence-corrected chi connectivity index (χ3v) is 3.48. The molecule has 2 rings (SSSR count). The van der Waals surface area contributed by atoms with Crippen LogP contribution in [0.4, 0.5) is 5.82 Å². The van der Waals surface area contributed by atoms with Crippen LogP contribution in [-0.2, 0) is 4.79 Å². The van der Waals surface area contributed by atoms with Crippen LogP contribution >= 0.6 is 11.6 Å². The van der Waals surface area contributed by atoms with Crippen molar-refractivity contribution in [1.29, 1.82) is 0 Å². The summed E-state index contributed by atoms with van der Waals surface area (Å²) in [7, 11) is 1.67. The van der Waals surface area contributed by atoms with Gasteiger partial charge < -0.3 is 10.2 Å². The number of nitrogens with one attached hydrogen (secondary N) is 1. The van der Waals surface area contributed by atoms with Crippen molar-refractivity contribution in [2.45, 2.75) is 13.3 Å². The molecule has 5 heteroatoms. The van der Waals surface area contributed by atoms with Gasteiger partial charge in [-0.1, -0.05) is 17.7 Å². The molecule has 1 aliphatic rings. The van der Waals surface area contributed by atoms with E-state index >= 15 is 0 Å². The quantitative estimate of drug-likeness (QED) is 0.816. The number of carbonyl (C=O) groups excluding carboxylic acids is 1. The molecule has 1 amide bonds. The fraction of sp³-hybridized carbons (Fsp3) is 0.500. The van der Waals surface area contributed by atoms with Crippen molar-refractivity contribution in [2.75, 3.05) is 25.0 Å². The molecule has 0 spiro atoms. The second-order valence-electron chi connectivity index (χ2n) is 4.63. The second kappa shape index (κ2) is 4.53. The van der Waals surface area contributed by atoms with Crippen molar-refractivity contribution >= 4 is 23.3 Å². The van der Waals surface area contributed by atoms with Crippen molar-refractivity contribution in [3.05, 3.63) is 23.4 Å². The Morgan fingerprint density at radius 3 is 3.00 bits per heavy atom. The van der Waals surface area contributed by atoms with Crippen molar-refractivity contribution < 1.29 is 4.79 Å². The number of hydrogen-bond donors (Lipinski definition) is 1. The van der Waals surface area contributed by atoms with Crippen molar-refractivity contribution in [3.63, 3.8) is 0 Å². The first-order chi connectivity index (χ1) is 8.05. The minimum atomic E-state index is -0.335. The maximum Gasteiger partial charge on any atom is 0.227 e. The van der Waals surface area contributed by atoms with E-state index in [1.165, 1.54) is 0 Å². The van der Waals surface area contributed by atoms with Crippen LogP contribution in [0.15, 0.2) is 18.2 Å². The molecule has 1 saturated heterocycles. The number of amides is 1. The molecule has 0 saturated carbocycles. The van der Waals surface area contributed by atoms with Gasteiger partial charge in [-0.2, -0.15) is 0 Å². The molecule has 1 unspecified atom stereocenters. The van der Waals surface area contributed by atoms with E-state index in [4.69, 9.17) is 11.6 Å². The Morgan fingerprint density at radius 2 is 2.35 bits per heavy atom. The van der Waals surface area contributed by atoms with Crippen LogP contribution in [0.3, 0.4) is 0 Å². The first kappa shape index (κ1) is 12.2. The Labute approximate surface area is 106 Å². The topological polar surface area (TPSA) is 45.2 Å². The number of aromatic nitrogens is 1. The van der Waals surface area contributed by atoms with Crippen molar-refractivity contribution in [1.82, 2.24) is 10.3 Å². The maximum absolute atomic E-state index is 11.8. The monoisotopic (exact) mass is 253 g/mol. The fourth-order valence-corrected chi connectivity index (χ4v) is 2.38. The van der Waals surface area contributed by atoms with Gasteiger partial charge in [-0.05, 0) is 25.5 Å². The molecule has 4 nitrogen and oxygen atoms in total. The minimum absolute atomic E-state index is 0.0852. The van der Waals surface area contributed by atoms with E-state index in [0.29, 0.717) is 11.7 Å². The van der Waals surface area contributed by atoms with E-state index < -0.39 is 0 Å². The predicted octanol–water partition coefficient (Wildman–Crippen LogP) is 1.70. The highest BCUT2D eigenvalue weighted by Crippen LogP contribution is 2.32. The lowest BCUT2D eigenvalue weighted by molar-refractivity contribution is -0.128. The molecule has 17 heavy (non-hydrogen) atoms. The van der Waals surface area contributed by atoms with Gasteiger partial charge in [0.25, 0.3) is 0 Å². The fourth-order valence-electron chi connectivity index (χ4n) is 2.22. The maximum atomic E-state index is 11.8. The number of nitrogens with zero attached hydrogens (tertiary/aromatic N) is 2. The van der Waals surface area contributed by atoms with E-state index in [1.54, 1.807) is 13.1 Å². The molecule has 0 bridgehead atoms. The zero-order valence-electron chi connectivity index (χ0n) is 10.0. The van der Waals surface area contributed by atoms with E-state index in [2.05, 4.69) is 15.2 Å². The first-order valence-electron chi connectivity index (χ1n) is 5.65. The minimum Gasteiger partial charge on any atom is -0.359 e. The number of halogens is 1. The number of rotatable bonds is 2. The first-order valence-corrected chi connectivity index (χ1v) is 6.03. The Kier molecular flexibility index (Phi) is 3.24. The average molecular weight is 254 g/mol. The molecular formula is C12H16ClN3O. The summed E-state index contributed by atoms with van der Waals surface area (Å²) in [4.78, 5) is 18.2. The Bertz CT molecular complexity index is 438. The standard InChI is InChI=1S/C12H16ClN3O/c1-12(11(17)14-2)6-7-16(8-12)10-5-3-4-9(13)15-10/h3-5H,6-8H2,1-2H3,(H,14,17). The summed E-state index contributed by atoms with van der Waals surface area (Å²) in [5.41, 5.74) is -0.335. The lowest BCUT2D eigenvalue weighted by Crippen LogP contribution is -2.39. The Balaban J connectivity index is 2.15. The van der Waals surface area contributed by atoms with Gasteiger partial charge in [-0.15, -0.1) is 0 Å². The highest BCUT2D eigenvalue weighted by atomic mass is 35.5. The zero-order chi connectivity index (χ0) is 12.5. The summed E-state index contributed by atoms with van der Waals surface area (Å²) in [5, 5.41) is 3.20. The molecule has 0 aromatic carbocycles. The summed E-state index contributed by atoms with van der Waals surface area (Å²) in [6.07, 6.45) is 0.834. The number of pyridine rings is 1. The van der Waals surface area contributed by atoms with E-state index in [1.807, 2.05) is 19.1 Å². The van der Waals surface area contributed by atoms with Gasteiger partial charge in [0, 0.05) is 20.1 Å². The van der Waals surface area contributed by atoms with Gasteiger partial charge in [0.15, 0.2) is 0 Å². The summed E-state index contributed by atoms with van der Waals surface area (Å²) in [6, 6.07) is 5.54. The van der Waals surface area contributed by atoms with Crippen LogP contribution < -0.4 is 10.2 Å². The van der Waals surface area contributed by atoms with Gasteiger partial charge in [-0.25, -0.2) is 4.98 Å². The van der Waals surface area contributed by atoms with Crippen LogP contribution in [0.2, 0.25) is 5.15 Å². The third kappa shape index (κ3) is 2.36. The number of hydrogen-bond acceptors (Lipinski definition) is 3. The summed E-state index contributed by atoms with van der Waals surface area (Å²) in [5.74, 6) is 0.923. The van der Waals surface area contributed by atoms with E-state index in [0.717, 1.165) is 18.8 Å².